The molecule has 0 aromatic rings. The molecule has 0 rings (SSSR count). The van der Waals surface area contributed by atoms with Crippen LogP contribution in [0.5, 0.6) is 0 Å². The van der Waals surface area contributed by atoms with E-state index in [-0.39, 0.29) is 12.1 Å². The molecule has 0 N–H and O–H groups in total. The molecule has 274 valence electrons. The molecule has 0 aromatic heterocycles. The third kappa shape index (κ3) is 26.9. The number of carbonyl (C=O) groups is 2. The average molecular weight is 685 g/mol. The van der Waals surface area contributed by atoms with Gasteiger partial charge in [-0.2, -0.15) is 0 Å². The van der Waals surface area contributed by atoms with E-state index in [1.165, 1.54) is 128 Å². The summed E-state index contributed by atoms with van der Waals surface area (Å²) in [6, 6.07) is 0.132. The first-order valence-electron chi connectivity index (χ1n) is 20.1. The van der Waals surface area contributed by atoms with Crippen molar-refractivity contribution in [3.63, 3.8) is 0 Å². The van der Waals surface area contributed by atoms with Gasteiger partial charge in [0.05, 0.1) is 12.1 Å². The summed E-state index contributed by atoms with van der Waals surface area (Å²) >= 11 is 0. The summed E-state index contributed by atoms with van der Waals surface area (Å²) in [6.45, 7) is 10.8. The zero-order chi connectivity index (χ0) is 34.1. The Morgan fingerprint density at radius 2 is 0.696 bits per heavy atom. The highest BCUT2D eigenvalue weighted by Crippen LogP contribution is 2.23. The van der Waals surface area contributed by atoms with Gasteiger partial charge in [-0.25, -0.2) is 0 Å². The van der Waals surface area contributed by atoms with E-state index >= 15 is 0 Å². The summed E-state index contributed by atoms with van der Waals surface area (Å²) in [5, 5.41) is 0. The largest absolute Gasteiger partial charge is 0.298 e. The van der Waals surface area contributed by atoms with Crippen LogP contribution in [0.15, 0.2) is 0 Å². The molecular formula is C40H80N2O2S2. The van der Waals surface area contributed by atoms with Gasteiger partial charge in [0.25, 0.3) is 0 Å². The van der Waals surface area contributed by atoms with Crippen molar-refractivity contribution in [2.24, 2.45) is 0 Å². The van der Waals surface area contributed by atoms with Gasteiger partial charge >= 0.3 is 0 Å². The van der Waals surface area contributed by atoms with E-state index < -0.39 is 0 Å². The molecule has 0 bridgehead atoms. The SMILES string of the molecule is CCCCCCCCCCCCCC(=O)C(CC)N(C)CCSSCCN(C)C(CC)C(=O)CCCCCCCCCCCCC. The normalized spacial score (nSPS) is 13.1. The van der Waals surface area contributed by atoms with Crippen LogP contribution < -0.4 is 0 Å². The van der Waals surface area contributed by atoms with Gasteiger partial charge in [0, 0.05) is 37.4 Å². The standard InChI is InChI=1S/C40H80N2O2S2/c1-7-11-13-15-17-19-21-23-25-27-29-31-39(43)37(9-3)41(5)33-35-45-46-36-34-42(6)38(10-4)40(44)32-30-28-26-24-22-20-18-16-14-12-8-2/h37-38H,7-36H2,1-6H3. The van der Waals surface area contributed by atoms with Crippen LogP contribution in [-0.2, 0) is 9.59 Å². The molecule has 0 radical (unpaired) electrons. The molecule has 0 amide bonds. The number of nitrogens with zero attached hydrogens (tertiary/aromatic N) is 2. The van der Waals surface area contributed by atoms with Gasteiger partial charge in [-0.15, -0.1) is 0 Å². The Morgan fingerprint density at radius 1 is 0.435 bits per heavy atom. The van der Waals surface area contributed by atoms with Crippen molar-refractivity contribution in [2.45, 2.75) is 207 Å². The Balaban J connectivity index is 3.92. The minimum atomic E-state index is 0.0662. The summed E-state index contributed by atoms with van der Waals surface area (Å²) in [7, 11) is 8.06. The molecule has 0 aliphatic rings. The molecule has 0 aliphatic carbocycles. The van der Waals surface area contributed by atoms with E-state index in [1.54, 1.807) is 0 Å². The topological polar surface area (TPSA) is 40.6 Å². The summed E-state index contributed by atoms with van der Waals surface area (Å²) in [6.07, 6.45) is 32.4. The van der Waals surface area contributed by atoms with E-state index in [4.69, 9.17) is 0 Å². The minimum Gasteiger partial charge on any atom is -0.298 e. The number of unbranched alkanes of at least 4 members (excludes halogenated alkanes) is 20. The second kappa shape index (κ2) is 34.8. The Kier molecular flexibility index (Phi) is 34.8. The van der Waals surface area contributed by atoms with Gasteiger partial charge in [0.2, 0.25) is 0 Å². The lowest BCUT2D eigenvalue weighted by atomic mass is 10.0. The predicted octanol–water partition coefficient (Wildman–Crippen LogP) is 12.3. The van der Waals surface area contributed by atoms with Crippen LogP contribution in [0.1, 0.15) is 195 Å². The molecule has 0 heterocycles. The maximum atomic E-state index is 12.9. The van der Waals surface area contributed by atoms with Crippen LogP contribution >= 0.6 is 21.6 Å². The van der Waals surface area contributed by atoms with Crippen molar-refractivity contribution in [1.82, 2.24) is 9.80 Å². The van der Waals surface area contributed by atoms with E-state index in [1.807, 2.05) is 21.6 Å². The molecule has 0 fully saturated rings. The lowest BCUT2D eigenvalue weighted by molar-refractivity contribution is -0.124. The molecular weight excluding hydrogens is 605 g/mol. The fraction of sp³-hybridized carbons (Fsp3) is 0.950. The number of ketones is 2. The van der Waals surface area contributed by atoms with Crippen LogP contribution in [-0.4, -0.2) is 72.1 Å². The maximum Gasteiger partial charge on any atom is 0.149 e. The first kappa shape index (κ1) is 46.0. The first-order valence-corrected chi connectivity index (χ1v) is 22.6. The van der Waals surface area contributed by atoms with Crippen LogP contribution in [0.25, 0.3) is 0 Å². The lowest BCUT2D eigenvalue weighted by Crippen LogP contribution is -2.39. The summed E-state index contributed by atoms with van der Waals surface area (Å²) < 4.78 is 0. The zero-order valence-electron chi connectivity index (χ0n) is 31.9. The zero-order valence-corrected chi connectivity index (χ0v) is 33.5. The minimum absolute atomic E-state index is 0.0662. The third-order valence-corrected chi connectivity index (χ3v) is 12.1. The average Bonchev–Trinajstić information content (AvgIpc) is 3.04. The lowest BCUT2D eigenvalue weighted by Gasteiger charge is -2.26. The first-order chi connectivity index (χ1) is 22.4. The monoisotopic (exact) mass is 685 g/mol. The van der Waals surface area contributed by atoms with Crippen LogP contribution in [0, 0.1) is 0 Å². The van der Waals surface area contributed by atoms with Crippen molar-refractivity contribution in [2.75, 3.05) is 38.7 Å². The van der Waals surface area contributed by atoms with Gasteiger partial charge in [-0.1, -0.05) is 178 Å². The van der Waals surface area contributed by atoms with Crippen molar-refractivity contribution in [3.8, 4) is 0 Å². The number of hydrogen-bond donors (Lipinski definition) is 0. The highest BCUT2D eigenvalue weighted by molar-refractivity contribution is 8.76. The van der Waals surface area contributed by atoms with E-state index in [0.717, 1.165) is 63.1 Å². The summed E-state index contributed by atoms with van der Waals surface area (Å²) in [5.41, 5.74) is 0. The Hall–Kier alpha value is -0.0400. The second-order valence-electron chi connectivity index (χ2n) is 14.0. The highest BCUT2D eigenvalue weighted by atomic mass is 33.1. The number of rotatable bonds is 37. The number of likely N-dealkylation sites (N-methyl/N-ethyl adjacent to an activating group) is 2. The molecule has 0 saturated heterocycles. The fourth-order valence-electron chi connectivity index (χ4n) is 6.62. The summed E-state index contributed by atoms with van der Waals surface area (Å²) in [5.74, 6) is 2.93. The van der Waals surface area contributed by atoms with Gasteiger partial charge < -0.3 is 0 Å². The molecule has 2 unspecified atom stereocenters. The Labute approximate surface area is 296 Å². The van der Waals surface area contributed by atoms with E-state index in [0.29, 0.717) is 11.6 Å². The van der Waals surface area contributed by atoms with Crippen LogP contribution in [0.2, 0.25) is 0 Å². The van der Waals surface area contributed by atoms with Gasteiger partial charge in [0.1, 0.15) is 11.6 Å². The number of carbonyl (C=O) groups excluding carboxylic acids is 2. The van der Waals surface area contributed by atoms with Crippen molar-refractivity contribution in [3.05, 3.63) is 0 Å². The van der Waals surface area contributed by atoms with Gasteiger partial charge in [-0.3, -0.25) is 19.4 Å². The molecule has 0 saturated carbocycles. The highest BCUT2D eigenvalue weighted by Gasteiger charge is 2.21. The van der Waals surface area contributed by atoms with Crippen molar-refractivity contribution < 1.29 is 9.59 Å². The molecule has 0 aliphatic heterocycles. The molecule has 0 aromatic carbocycles. The van der Waals surface area contributed by atoms with Gasteiger partial charge in [0.15, 0.2) is 0 Å². The van der Waals surface area contributed by atoms with Gasteiger partial charge in [-0.05, 0) is 39.8 Å². The Morgan fingerprint density at radius 3 is 0.957 bits per heavy atom. The quantitative estimate of drug-likeness (QED) is 0.0479. The Bertz CT molecular complexity index is 622. The number of hydrogen-bond acceptors (Lipinski definition) is 6. The van der Waals surface area contributed by atoms with Crippen molar-refractivity contribution in [1.29, 1.82) is 0 Å². The third-order valence-electron chi connectivity index (χ3n) is 9.77. The predicted molar refractivity (Wildman–Crippen MR) is 211 cm³/mol. The molecule has 2 atom stereocenters. The smallest absolute Gasteiger partial charge is 0.149 e. The molecule has 46 heavy (non-hydrogen) atoms. The maximum absolute atomic E-state index is 12.9. The van der Waals surface area contributed by atoms with E-state index in [9.17, 15) is 9.59 Å². The number of Topliss-reactive ketones (excluding diaryl/α,β-unsaturated/α-hetero) is 2. The fourth-order valence-corrected chi connectivity index (χ4v) is 8.74. The molecule has 0 spiro atoms. The van der Waals surface area contributed by atoms with Crippen LogP contribution in [0.3, 0.4) is 0 Å². The second-order valence-corrected chi connectivity index (χ2v) is 16.7. The molecule has 6 heteroatoms. The van der Waals surface area contributed by atoms with Crippen LogP contribution in [0.4, 0.5) is 0 Å². The van der Waals surface area contributed by atoms with Crippen molar-refractivity contribution >= 4 is 33.2 Å². The van der Waals surface area contributed by atoms with E-state index in [2.05, 4.69) is 51.6 Å². The summed E-state index contributed by atoms with van der Waals surface area (Å²) in [4.78, 5) is 30.4. The molecule has 4 nitrogen and oxygen atoms in total.